The van der Waals surface area contributed by atoms with E-state index in [4.69, 9.17) is 0 Å². The minimum atomic E-state index is 0. The fourth-order valence-electron chi connectivity index (χ4n) is 6.57. The molecular weight excluding hydrogens is 1100 g/mol. The fraction of sp³-hybridized carbons (Fsp3) is 0.547. The molecule has 14 nitrogen and oxygen atoms in total. The van der Waals surface area contributed by atoms with Crippen LogP contribution in [0.3, 0.4) is 0 Å². The molecule has 0 spiro atoms. The van der Waals surface area contributed by atoms with Crippen LogP contribution in [0.2, 0.25) is 0 Å². The zero-order valence-electron chi connectivity index (χ0n) is 60.7. The maximum Gasteiger partial charge on any atom is 0.156 e. The number of nitrogens with zero attached hydrogens (tertiary/aromatic N) is 14. The van der Waals surface area contributed by atoms with Crippen LogP contribution in [0.15, 0.2) is 110 Å². The second-order valence-electron chi connectivity index (χ2n) is 30.7. The number of aryl methyl sites for hydroxylation is 8. The van der Waals surface area contributed by atoms with Crippen LogP contribution in [-0.2, 0) is 43.3 Å². The quantitative estimate of drug-likeness (QED) is 0.140. The van der Waals surface area contributed by atoms with Gasteiger partial charge in [-0.15, -0.1) is 10.2 Å². The zero-order chi connectivity index (χ0) is 67.9. The third-order valence-corrected chi connectivity index (χ3v) is 12.8. The molecule has 488 valence electrons. The van der Waals surface area contributed by atoms with Crippen LogP contribution in [0.5, 0.6) is 0 Å². The fourth-order valence-corrected chi connectivity index (χ4v) is 6.57. The topological polar surface area (TPSA) is 180 Å². The van der Waals surface area contributed by atoms with Crippen LogP contribution >= 0.6 is 0 Å². The summed E-state index contributed by atoms with van der Waals surface area (Å²) in [7, 11) is 0. The van der Waals surface area contributed by atoms with Crippen molar-refractivity contribution in [3.8, 4) is 0 Å². The first-order chi connectivity index (χ1) is 40.0. The second kappa shape index (κ2) is 35.2. The Morgan fingerprint density at radius 1 is 0.213 bits per heavy atom. The maximum atomic E-state index is 4.35. The highest BCUT2D eigenvalue weighted by Gasteiger charge is 2.20. The molecule has 8 rings (SSSR count). The van der Waals surface area contributed by atoms with E-state index in [0.717, 1.165) is 63.0 Å². The molecule has 0 amide bonds. The van der Waals surface area contributed by atoms with Crippen LogP contribution in [0.25, 0.3) is 0 Å². The van der Waals surface area contributed by atoms with Gasteiger partial charge < -0.3 is 0 Å². The van der Waals surface area contributed by atoms with Crippen LogP contribution < -0.4 is 0 Å². The van der Waals surface area contributed by atoms with E-state index in [9.17, 15) is 0 Å². The van der Waals surface area contributed by atoms with Crippen LogP contribution in [0.1, 0.15) is 264 Å². The molecule has 1 aromatic carbocycles. The van der Waals surface area contributed by atoms with E-state index >= 15 is 0 Å². The van der Waals surface area contributed by atoms with E-state index in [1.165, 1.54) is 27.8 Å². The Hall–Kier alpha value is -7.22. The number of rotatable bonds is 0. The molecule has 0 atom stereocenters. The minimum absolute atomic E-state index is 0. The predicted molar refractivity (Wildman–Crippen MR) is 375 cm³/mol. The molecule has 0 radical (unpaired) electrons. The molecule has 89 heavy (non-hydrogen) atoms. The maximum absolute atomic E-state index is 4.35. The van der Waals surface area contributed by atoms with E-state index in [2.05, 4.69) is 299 Å². The lowest BCUT2D eigenvalue weighted by atomic mass is 9.87. The molecule has 0 unspecified atom stereocenters. The van der Waals surface area contributed by atoms with Crippen molar-refractivity contribution in [3.05, 3.63) is 201 Å². The number of hydrogen-bond donors (Lipinski definition) is 0. The molecule has 0 saturated carbocycles. The lowest BCUT2D eigenvalue weighted by Crippen LogP contribution is -2.16. The van der Waals surface area contributed by atoms with E-state index in [1.807, 2.05) is 84.9 Å². The van der Waals surface area contributed by atoms with Gasteiger partial charge in [-0.25, -0.2) is 29.9 Å². The van der Waals surface area contributed by atoms with Gasteiger partial charge in [0.15, 0.2) is 5.82 Å². The number of benzene rings is 1. The molecule has 0 bridgehead atoms. The normalized spacial score (nSPS) is 11.5. The molecule has 14 heteroatoms. The third kappa shape index (κ3) is 34.4. The first-order valence-corrected chi connectivity index (χ1v) is 30.6. The molecule has 0 saturated heterocycles. The molecule has 7 heterocycles. The summed E-state index contributed by atoms with van der Waals surface area (Å²) in [6.45, 7) is 67.2. The number of hydrogen-bond acceptors (Lipinski definition) is 14. The first kappa shape index (κ1) is 81.8. The van der Waals surface area contributed by atoms with Gasteiger partial charge in [0.2, 0.25) is 0 Å². The second-order valence-corrected chi connectivity index (χ2v) is 30.7. The highest BCUT2D eigenvalue weighted by atomic mass is 15.2. The minimum Gasteiger partial charge on any atom is -0.261 e. The van der Waals surface area contributed by atoms with E-state index in [1.54, 1.807) is 18.6 Å². The van der Waals surface area contributed by atoms with Gasteiger partial charge in [-0.1, -0.05) is 216 Å². The lowest BCUT2D eigenvalue weighted by Gasteiger charge is -2.18. The van der Waals surface area contributed by atoms with Gasteiger partial charge >= 0.3 is 0 Å². The van der Waals surface area contributed by atoms with Crippen molar-refractivity contribution in [1.29, 1.82) is 0 Å². The molecule has 0 N–H and O–H groups in total. The van der Waals surface area contributed by atoms with Gasteiger partial charge in [0.05, 0.1) is 35.2 Å². The Morgan fingerprint density at radius 3 is 0.966 bits per heavy atom. The Kier molecular flexibility index (Phi) is 32.4. The highest BCUT2D eigenvalue weighted by molar-refractivity contribution is 5.27. The van der Waals surface area contributed by atoms with Gasteiger partial charge in [0, 0.05) is 88.0 Å². The first-order valence-electron chi connectivity index (χ1n) is 30.6. The summed E-state index contributed by atoms with van der Waals surface area (Å²) in [5.41, 5.74) is 14.7. The summed E-state index contributed by atoms with van der Waals surface area (Å²) in [6, 6.07) is 17.1. The van der Waals surface area contributed by atoms with Crippen LogP contribution in [-0.4, -0.2) is 70.2 Å². The smallest absolute Gasteiger partial charge is 0.156 e. The molecule has 7 aromatic heterocycles. The van der Waals surface area contributed by atoms with Crippen molar-refractivity contribution in [1.82, 2.24) is 70.2 Å². The average molecular weight is 1220 g/mol. The summed E-state index contributed by atoms with van der Waals surface area (Å²) < 4.78 is 0. The molecular formula is C75H118N14. The molecule has 0 aliphatic carbocycles. The van der Waals surface area contributed by atoms with E-state index < -0.39 is 0 Å². The molecule has 0 fully saturated rings. The Labute approximate surface area is 541 Å². The van der Waals surface area contributed by atoms with Crippen molar-refractivity contribution in [2.45, 2.75) is 272 Å². The zero-order valence-corrected chi connectivity index (χ0v) is 60.7. The van der Waals surface area contributed by atoms with E-state index in [0.29, 0.717) is 0 Å². The van der Waals surface area contributed by atoms with Crippen molar-refractivity contribution >= 4 is 0 Å². The third-order valence-electron chi connectivity index (χ3n) is 12.8. The van der Waals surface area contributed by atoms with Gasteiger partial charge in [0.1, 0.15) is 17.5 Å². The summed E-state index contributed by atoms with van der Waals surface area (Å²) >= 11 is 0. The van der Waals surface area contributed by atoms with Gasteiger partial charge in [-0.3, -0.25) is 19.9 Å². The number of pyridine rings is 2. The molecule has 0 aliphatic heterocycles. The Morgan fingerprint density at radius 2 is 0.607 bits per heavy atom. The van der Waals surface area contributed by atoms with E-state index in [-0.39, 0.29) is 50.7 Å². The summed E-state index contributed by atoms with van der Waals surface area (Å²) in [5.74, 6) is 3.25. The van der Waals surface area contributed by atoms with Crippen LogP contribution in [0, 0.1) is 55.4 Å². The SMILES string of the molecule is C.Cc1ccc(C(C)(C)C)cc1.Cc1ccc(C(C)(C)C)cn1.Cc1ccc(C(C)(C)C)nc1.Cc1cnc(C(C)(C)C)cn1.Cc1cnc(C(C)(C)C)nc1.Cc1cnc(C(C)(C)C)nn1.Cc1ncc(C(C)(C)C)cn1.Cc1ncc(C(C)(C)C)nn1. The standard InChI is InChI=1S/C11H16.2C10H15N.3C9H14N2.2C8H13N3.CH4/c1-9-5-7-10(8-6-9)11(2,3)4;1-8-5-6-9(7-11-8)10(2,3)4;1-8-5-6-9(11-7-8)10(2,3)4;1-7-10-5-8(6-11-7)9(2,3)4;1-7-5-11-8(6-10-7)9(2,3)4;1-7-5-10-8(11-6-7)9(2,3)4;1-6-9-5-7(11-10-6)8(2,3)4;1-6-5-9-7(11-10-6)8(2,3)4;/h5-8H,1-4H3;2*5-7H,1-4H3;3*5-6H,1-4H3;2*5H,1-4H3;1H4. The van der Waals surface area contributed by atoms with Crippen molar-refractivity contribution in [3.63, 3.8) is 0 Å². The molecule has 8 aromatic rings. The van der Waals surface area contributed by atoms with Gasteiger partial charge in [-0.2, -0.15) is 10.2 Å². The van der Waals surface area contributed by atoms with Crippen molar-refractivity contribution < 1.29 is 0 Å². The summed E-state index contributed by atoms with van der Waals surface area (Å²) in [5, 5.41) is 15.8. The lowest BCUT2D eigenvalue weighted by molar-refractivity contribution is 0.531. The van der Waals surface area contributed by atoms with Crippen LogP contribution in [0.4, 0.5) is 0 Å². The monoisotopic (exact) mass is 1210 g/mol. The van der Waals surface area contributed by atoms with Gasteiger partial charge in [0.25, 0.3) is 0 Å². The largest absolute Gasteiger partial charge is 0.261 e. The average Bonchev–Trinajstić information content (AvgIpc) is 3.61. The van der Waals surface area contributed by atoms with Gasteiger partial charge in [-0.05, 0) is 112 Å². The van der Waals surface area contributed by atoms with Crippen molar-refractivity contribution in [2.75, 3.05) is 0 Å². The Bertz CT molecular complexity index is 2510. The molecule has 0 aliphatic rings. The van der Waals surface area contributed by atoms with Crippen molar-refractivity contribution in [2.24, 2.45) is 0 Å². The highest BCUT2D eigenvalue weighted by Crippen LogP contribution is 2.25. The Balaban J connectivity index is 0.000000993. The predicted octanol–water partition coefficient (Wildman–Crippen LogP) is 18.5. The summed E-state index contributed by atoms with van der Waals surface area (Å²) in [6.07, 6.45) is 18.5. The summed E-state index contributed by atoms with van der Waals surface area (Å²) in [4.78, 5) is 42.1. The number of aromatic nitrogens is 14.